The normalized spacial score (nSPS) is 22.1. The van der Waals surface area contributed by atoms with Gasteiger partial charge in [-0.2, -0.15) is 0 Å². The second kappa shape index (κ2) is 5.01. The molecule has 1 aliphatic heterocycles. The van der Waals surface area contributed by atoms with Crippen molar-refractivity contribution in [2.45, 2.75) is 18.9 Å². The summed E-state index contributed by atoms with van der Waals surface area (Å²) in [5.41, 5.74) is 4.41. The third-order valence-electron chi connectivity index (χ3n) is 3.98. The van der Waals surface area contributed by atoms with E-state index in [0.29, 0.717) is 0 Å². The number of anilines is 1. The summed E-state index contributed by atoms with van der Waals surface area (Å²) in [7, 11) is 0. The Balaban J connectivity index is 2.02. The molecule has 1 aliphatic rings. The summed E-state index contributed by atoms with van der Waals surface area (Å²) >= 11 is 3.71. The van der Waals surface area contributed by atoms with E-state index in [1.165, 1.54) is 16.8 Å². The van der Waals surface area contributed by atoms with Gasteiger partial charge in [0.25, 0.3) is 0 Å². The van der Waals surface area contributed by atoms with Crippen LogP contribution in [0, 0.1) is 0 Å². The van der Waals surface area contributed by atoms with Gasteiger partial charge in [0, 0.05) is 29.5 Å². The highest BCUT2D eigenvalue weighted by atomic mass is 79.9. The zero-order valence-corrected chi connectivity index (χ0v) is 12.7. The maximum atomic E-state index is 3.71. The van der Waals surface area contributed by atoms with Crippen molar-refractivity contribution in [3.05, 3.63) is 65.7 Å². The summed E-state index contributed by atoms with van der Waals surface area (Å²) in [5.74, 6) is 0. The van der Waals surface area contributed by atoms with Crippen molar-refractivity contribution in [2.75, 3.05) is 16.8 Å². The van der Waals surface area contributed by atoms with Crippen LogP contribution >= 0.6 is 15.9 Å². The first-order valence-electron chi connectivity index (χ1n) is 6.67. The van der Waals surface area contributed by atoms with E-state index in [1.807, 2.05) is 0 Å². The lowest BCUT2D eigenvalue weighted by atomic mass is 9.78. The Morgan fingerprint density at radius 1 is 1.05 bits per heavy atom. The maximum Gasteiger partial charge on any atom is 0.0432 e. The van der Waals surface area contributed by atoms with Gasteiger partial charge in [0.05, 0.1) is 0 Å². The van der Waals surface area contributed by atoms with Crippen molar-refractivity contribution in [3.63, 3.8) is 0 Å². The predicted octanol–water partition coefficient (Wildman–Crippen LogP) is 4.36. The molecule has 0 aromatic heterocycles. The molecule has 0 amide bonds. The number of hydrogen-bond donors (Lipinski definition) is 0. The van der Waals surface area contributed by atoms with Crippen LogP contribution in [0.15, 0.2) is 54.6 Å². The van der Waals surface area contributed by atoms with Gasteiger partial charge in [0.1, 0.15) is 0 Å². The molecule has 0 N–H and O–H groups in total. The highest BCUT2D eigenvalue weighted by Crippen LogP contribution is 2.36. The molecule has 98 valence electrons. The van der Waals surface area contributed by atoms with E-state index in [-0.39, 0.29) is 5.41 Å². The number of hydrogen-bond acceptors (Lipinski definition) is 1. The molecular weight excluding hydrogens is 298 g/mol. The first-order chi connectivity index (χ1) is 9.23. The fraction of sp³-hybridized carbons (Fsp3) is 0.294. The smallest absolute Gasteiger partial charge is 0.0432 e. The second-order valence-electron chi connectivity index (χ2n) is 5.54. The molecule has 3 rings (SSSR count). The van der Waals surface area contributed by atoms with E-state index in [2.05, 4.69) is 82.4 Å². The molecule has 0 saturated carbocycles. The van der Waals surface area contributed by atoms with Gasteiger partial charge in [-0.05, 0) is 23.3 Å². The van der Waals surface area contributed by atoms with Gasteiger partial charge in [-0.1, -0.05) is 65.3 Å². The molecule has 0 spiro atoms. The first-order valence-corrected chi connectivity index (χ1v) is 7.79. The fourth-order valence-electron chi connectivity index (χ4n) is 2.95. The number of nitrogens with zero attached hydrogens (tertiary/aromatic N) is 1. The van der Waals surface area contributed by atoms with E-state index in [1.54, 1.807) is 0 Å². The monoisotopic (exact) mass is 315 g/mol. The average Bonchev–Trinajstić information content (AvgIpc) is 2.48. The molecule has 1 heterocycles. The Labute approximate surface area is 123 Å². The van der Waals surface area contributed by atoms with Crippen LogP contribution in [0.5, 0.6) is 0 Å². The van der Waals surface area contributed by atoms with E-state index in [0.717, 1.165) is 18.4 Å². The van der Waals surface area contributed by atoms with Crippen LogP contribution in [0.3, 0.4) is 0 Å². The van der Waals surface area contributed by atoms with Crippen LogP contribution < -0.4 is 4.90 Å². The van der Waals surface area contributed by atoms with Gasteiger partial charge in [-0.25, -0.2) is 0 Å². The van der Waals surface area contributed by atoms with Gasteiger partial charge in [0.15, 0.2) is 0 Å². The Kier molecular flexibility index (Phi) is 3.36. The number of fused-ring (bicyclic) bond motifs is 1. The molecule has 1 unspecified atom stereocenters. The topological polar surface area (TPSA) is 3.24 Å². The summed E-state index contributed by atoms with van der Waals surface area (Å²) in [5, 5.41) is 0.986. The summed E-state index contributed by atoms with van der Waals surface area (Å²) in [6, 6.07) is 19.5. The number of para-hydroxylation sites is 1. The summed E-state index contributed by atoms with van der Waals surface area (Å²) in [6.45, 7) is 4.40. The zero-order chi connectivity index (χ0) is 13.3. The highest BCUT2D eigenvalue weighted by molar-refractivity contribution is 9.09. The van der Waals surface area contributed by atoms with Crippen LogP contribution in [0.4, 0.5) is 5.69 Å². The molecule has 0 saturated heterocycles. The Morgan fingerprint density at radius 3 is 2.47 bits per heavy atom. The minimum atomic E-state index is 0.171. The van der Waals surface area contributed by atoms with E-state index in [4.69, 9.17) is 0 Å². The number of benzene rings is 2. The van der Waals surface area contributed by atoms with E-state index >= 15 is 0 Å². The van der Waals surface area contributed by atoms with Crippen LogP contribution in [-0.2, 0) is 12.0 Å². The van der Waals surface area contributed by atoms with Gasteiger partial charge in [-0.15, -0.1) is 0 Å². The van der Waals surface area contributed by atoms with Crippen molar-refractivity contribution in [1.29, 1.82) is 0 Å². The third-order valence-corrected chi connectivity index (χ3v) is 5.22. The molecule has 0 aliphatic carbocycles. The van der Waals surface area contributed by atoms with Crippen molar-refractivity contribution in [2.24, 2.45) is 0 Å². The second-order valence-corrected chi connectivity index (χ2v) is 6.10. The van der Waals surface area contributed by atoms with Crippen LogP contribution in [0.25, 0.3) is 0 Å². The number of halogens is 1. The standard InChI is InChI=1S/C17H18BrN/c1-17(12-18)13-19(15-8-3-2-4-9-15)11-14-7-5-6-10-16(14)17/h2-10H,11-13H2,1H3. The number of alkyl halides is 1. The summed E-state index contributed by atoms with van der Waals surface area (Å²) < 4.78 is 0. The van der Waals surface area contributed by atoms with Gasteiger partial charge >= 0.3 is 0 Å². The number of rotatable bonds is 2. The lowest BCUT2D eigenvalue weighted by Crippen LogP contribution is -2.45. The molecule has 19 heavy (non-hydrogen) atoms. The van der Waals surface area contributed by atoms with Crippen molar-refractivity contribution in [1.82, 2.24) is 0 Å². The van der Waals surface area contributed by atoms with Gasteiger partial charge in [0.2, 0.25) is 0 Å². The molecule has 2 aromatic rings. The Morgan fingerprint density at radius 2 is 1.74 bits per heavy atom. The Bertz CT molecular complexity index is 566. The molecule has 1 nitrogen and oxygen atoms in total. The summed E-state index contributed by atoms with van der Waals surface area (Å²) in [4.78, 5) is 2.48. The lowest BCUT2D eigenvalue weighted by Gasteiger charge is -2.42. The van der Waals surface area contributed by atoms with Crippen molar-refractivity contribution >= 4 is 21.6 Å². The molecule has 0 bridgehead atoms. The fourth-order valence-corrected chi connectivity index (χ4v) is 3.43. The molecule has 0 fully saturated rings. The quantitative estimate of drug-likeness (QED) is 0.744. The van der Waals surface area contributed by atoms with Crippen LogP contribution in [-0.4, -0.2) is 11.9 Å². The molecular formula is C17H18BrN. The van der Waals surface area contributed by atoms with Gasteiger partial charge in [-0.3, -0.25) is 0 Å². The largest absolute Gasteiger partial charge is 0.366 e. The van der Waals surface area contributed by atoms with Crippen LogP contribution in [0.1, 0.15) is 18.1 Å². The van der Waals surface area contributed by atoms with Crippen LogP contribution in [0.2, 0.25) is 0 Å². The molecule has 2 aromatic carbocycles. The minimum absolute atomic E-state index is 0.171. The van der Waals surface area contributed by atoms with Gasteiger partial charge < -0.3 is 4.90 Å². The van der Waals surface area contributed by atoms with E-state index in [9.17, 15) is 0 Å². The zero-order valence-electron chi connectivity index (χ0n) is 11.1. The molecule has 0 radical (unpaired) electrons. The predicted molar refractivity (Wildman–Crippen MR) is 85.1 cm³/mol. The van der Waals surface area contributed by atoms with E-state index < -0.39 is 0 Å². The van der Waals surface area contributed by atoms with Crippen molar-refractivity contribution in [3.8, 4) is 0 Å². The SMILES string of the molecule is CC1(CBr)CN(c2ccccc2)Cc2ccccc21. The van der Waals surface area contributed by atoms with Crippen molar-refractivity contribution < 1.29 is 0 Å². The maximum absolute atomic E-state index is 3.71. The summed E-state index contributed by atoms with van der Waals surface area (Å²) in [6.07, 6.45) is 0. The lowest BCUT2D eigenvalue weighted by molar-refractivity contribution is 0.488. The molecule has 1 atom stereocenters. The average molecular weight is 316 g/mol. The first kappa shape index (κ1) is 12.7. The minimum Gasteiger partial charge on any atom is -0.366 e. The Hall–Kier alpha value is -1.28. The highest BCUT2D eigenvalue weighted by Gasteiger charge is 2.34. The molecule has 2 heteroatoms. The third kappa shape index (κ3) is 2.30.